The standard InChI is InChI=1S/C25H30F3N3O2/c1-17-8-9-21(24(32)29-15-20-6-4-14-33-20)23(30-17)18-10-12-31(13-11-18)16-19-5-2-3-7-22(19)25(26,27)28/h2-3,5,7-9,18,20H,4,6,10-16H2,1H3,(H,29,32). The van der Waals surface area contributed by atoms with E-state index in [1.807, 2.05) is 24.0 Å². The third-order valence-corrected chi connectivity index (χ3v) is 6.51. The van der Waals surface area contributed by atoms with Crippen LogP contribution in [-0.4, -0.2) is 48.1 Å². The van der Waals surface area contributed by atoms with E-state index < -0.39 is 11.7 Å². The van der Waals surface area contributed by atoms with Gasteiger partial charge in [0.1, 0.15) is 0 Å². The summed E-state index contributed by atoms with van der Waals surface area (Å²) in [7, 11) is 0. The molecule has 0 radical (unpaired) electrons. The first-order valence-corrected chi connectivity index (χ1v) is 11.6. The average Bonchev–Trinajstić information content (AvgIpc) is 3.31. The van der Waals surface area contributed by atoms with E-state index in [2.05, 4.69) is 5.32 Å². The molecule has 2 saturated heterocycles. The summed E-state index contributed by atoms with van der Waals surface area (Å²) in [6.45, 7) is 4.71. The predicted molar refractivity (Wildman–Crippen MR) is 119 cm³/mol. The molecule has 2 aliphatic heterocycles. The molecule has 1 unspecified atom stereocenters. The summed E-state index contributed by atoms with van der Waals surface area (Å²) >= 11 is 0. The Balaban J connectivity index is 1.40. The normalized spacial score (nSPS) is 20.2. The number of halogens is 3. The van der Waals surface area contributed by atoms with Crippen LogP contribution in [0.1, 0.15) is 64.5 Å². The summed E-state index contributed by atoms with van der Waals surface area (Å²) in [4.78, 5) is 19.6. The minimum absolute atomic E-state index is 0.0682. The molecule has 1 amide bonds. The topological polar surface area (TPSA) is 54.5 Å². The second kappa shape index (κ2) is 10.2. The van der Waals surface area contributed by atoms with Crippen molar-refractivity contribution in [1.82, 2.24) is 15.2 Å². The highest BCUT2D eigenvalue weighted by Crippen LogP contribution is 2.34. The van der Waals surface area contributed by atoms with Gasteiger partial charge in [0.25, 0.3) is 5.91 Å². The SMILES string of the molecule is Cc1ccc(C(=O)NCC2CCCO2)c(C2CCN(Cc3ccccc3C(F)(F)F)CC2)n1. The highest BCUT2D eigenvalue weighted by molar-refractivity contribution is 5.95. The van der Waals surface area contributed by atoms with Gasteiger partial charge in [-0.2, -0.15) is 13.2 Å². The molecule has 2 aliphatic rings. The van der Waals surface area contributed by atoms with Gasteiger partial charge >= 0.3 is 6.18 Å². The number of nitrogens with one attached hydrogen (secondary N) is 1. The summed E-state index contributed by atoms with van der Waals surface area (Å²) in [5, 5.41) is 2.98. The molecule has 178 valence electrons. The van der Waals surface area contributed by atoms with Crippen LogP contribution in [0.4, 0.5) is 13.2 Å². The van der Waals surface area contributed by atoms with Crippen LogP contribution in [0.15, 0.2) is 36.4 Å². The van der Waals surface area contributed by atoms with E-state index in [1.54, 1.807) is 12.1 Å². The fourth-order valence-corrected chi connectivity index (χ4v) is 4.73. The molecule has 3 heterocycles. The number of hydrogen-bond donors (Lipinski definition) is 1. The Labute approximate surface area is 192 Å². The van der Waals surface area contributed by atoms with Gasteiger partial charge in [-0.3, -0.25) is 14.7 Å². The van der Waals surface area contributed by atoms with Crippen molar-refractivity contribution in [3.05, 3.63) is 64.5 Å². The molecule has 0 aliphatic carbocycles. The lowest BCUT2D eigenvalue weighted by Gasteiger charge is -2.33. The maximum atomic E-state index is 13.3. The van der Waals surface area contributed by atoms with Gasteiger partial charge in [-0.15, -0.1) is 0 Å². The lowest BCUT2D eigenvalue weighted by Crippen LogP contribution is -2.35. The number of rotatable bonds is 6. The molecule has 1 N–H and O–H groups in total. The number of ether oxygens (including phenoxy) is 1. The van der Waals surface area contributed by atoms with Gasteiger partial charge in [0.15, 0.2) is 0 Å². The van der Waals surface area contributed by atoms with Crippen molar-refractivity contribution in [3.63, 3.8) is 0 Å². The van der Waals surface area contributed by atoms with E-state index in [-0.39, 0.29) is 24.5 Å². The Morgan fingerprint density at radius 1 is 1.15 bits per heavy atom. The van der Waals surface area contributed by atoms with Gasteiger partial charge in [-0.25, -0.2) is 0 Å². The summed E-state index contributed by atoms with van der Waals surface area (Å²) in [5.74, 6) is -0.0444. The quantitative estimate of drug-likeness (QED) is 0.678. The number of benzene rings is 1. The Hall–Kier alpha value is -2.45. The Kier molecular flexibility index (Phi) is 7.34. The number of aromatic nitrogens is 1. The van der Waals surface area contributed by atoms with Crippen molar-refractivity contribution >= 4 is 5.91 Å². The predicted octanol–water partition coefficient (Wildman–Crippen LogP) is 4.70. The van der Waals surface area contributed by atoms with E-state index in [0.29, 0.717) is 30.8 Å². The second-order valence-corrected chi connectivity index (χ2v) is 8.94. The van der Waals surface area contributed by atoms with Crippen LogP contribution in [0.2, 0.25) is 0 Å². The molecule has 2 fully saturated rings. The third kappa shape index (κ3) is 5.92. The maximum Gasteiger partial charge on any atom is 0.416 e. The number of carbonyl (C=O) groups excluding carboxylic acids is 1. The van der Waals surface area contributed by atoms with Gasteiger partial charge < -0.3 is 10.1 Å². The molecule has 8 heteroatoms. The fraction of sp³-hybridized carbons (Fsp3) is 0.520. The molecular weight excluding hydrogens is 431 g/mol. The highest BCUT2D eigenvalue weighted by atomic mass is 19.4. The molecule has 2 aromatic rings. The lowest BCUT2D eigenvalue weighted by molar-refractivity contribution is -0.138. The number of amides is 1. The molecule has 0 spiro atoms. The molecule has 0 saturated carbocycles. The number of nitrogens with zero attached hydrogens (tertiary/aromatic N) is 2. The van der Waals surface area contributed by atoms with Gasteiger partial charge in [0, 0.05) is 31.3 Å². The monoisotopic (exact) mass is 461 g/mol. The first kappa shape index (κ1) is 23.7. The van der Waals surface area contributed by atoms with Gasteiger partial charge in [-0.1, -0.05) is 18.2 Å². The number of piperidine rings is 1. The van der Waals surface area contributed by atoms with Crippen molar-refractivity contribution in [2.24, 2.45) is 0 Å². The molecule has 1 atom stereocenters. The van der Waals surface area contributed by atoms with E-state index in [1.165, 1.54) is 6.07 Å². The minimum Gasteiger partial charge on any atom is -0.376 e. The smallest absolute Gasteiger partial charge is 0.376 e. The van der Waals surface area contributed by atoms with Crippen LogP contribution in [0.5, 0.6) is 0 Å². The summed E-state index contributed by atoms with van der Waals surface area (Å²) < 4.78 is 45.6. The Morgan fingerprint density at radius 3 is 2.61 bits per heavy atom. The summed E-state index contributed by atoms with van der Waals surface area (Å²) in [6.07, 6.45) is -0.822. The van der Waals surface area contributed by atoms with Gasteiger partial charge in [0.2, 0.25) is 0 Å². The molecule has 33 heavy (non-hydrogen) atoms. The lowest BCUT2D eigenvalue weighted by atomic mass is 9.89. The van der Waals surface area contributed by atoms with E-state index in [0.717, 1.165) is 49.7 Å². The van der Waals surface area contributed by atoms with Crippen LogP contribution in [-0.2, 0) is 17.5 Å². The number of hydrogen-bond acceptors (Lipinski definition) is 4. The zero-order valence-electron chi connectivity index (χ0n) is 18.8. The third-order valence-electron chi connectivity index (χ3n) is 6.51. The van der Waals surface area contributed by atoms with Crippen molar-refractivity contribution in [1.29, 1.82) is 0 Å². The molecule has 1 aromatic carbocycles. The van der Waals surface area contributed by atoms with E-state index >= 15 is 0 Å². The highest BCUT2D eigenvalue weighted by Gasteiger charge is 2.34. The Bertz CT molecular complexity index is 966. The number of likely N-dealkylation sites (tertiary alicyclic amines) is 1. The van der Waals surface area contributed by atoms with Crippen molar-refractivity contribution < 1.29 is 22.7 Å². The number of aryl methyl sites for hydroxylation is 1. The van der Waals surface area contributed by atoms with Crippen LogP contribution < -0.4 is 5.32 Å². The first-order chi connectivity index (χ1) is 15.8. The second-order valence-electron chi connectivity index (χ2n) is 8.94. The molecular formula is C25H30F3N3O2. The minimum atomic E-state index is -4.35. The largest absolute Gasteiger partial charge is 0.416 e. The Morgan fingerprint density at radius 2 is 1.91 bits per heavy atom. The summed E-state index contributed by atoms with van der Waals surface area (Å²) in [5.41, 5.74) is 1.95. The van der Waals surface area contributed by atoms with Crippen LogP contribution in [0.25, 0.3) is 0 Å². The van der Waals surface area contributed by atoms with Crippen molar-refractivity contribution in [2.45, 2.75) is 57.3 Å². The molecule has 1 aromatic heterocycles. The molecule has 4 rings (SSSR count). The van der Waals surface area contributed by atoms with Gasteiger partial charge in [-0.05, 0) is 69.5 Å². The summed E-state index contributed by atoms with van der Waals surface area (Å²) in [6, 6.07) is 9.43. The number of alkyl halides is 3. The van der Waals surface area contributed by atoms with E-state index in [4.69, 9.17) is 9.72 Å². The van der Waals surface area contributed by atoms with Gasteiger partial charge in [0.05, 0.1) is 22.9 Å². The molecule has 0 bridgehead atoms. The van der Waals surface area contributed by atoms with Crippen molar-refractivity contribution in [2.75, 3.05) is 26.2 Å². The van der Waals surface area contributed by atoms with Crippen LogP contribution in [0.3, 0.4) is 0 Å². The van der Waals surface area contributed by atoms with Crippen LogP contribution in [0, 0.1) is 6.92 Å². The zero-order chi connectivity index (χ0) is 23.4. The number of pyridine rings is 1. The van der Waals surface area contributed by atoms with Crippen LogP contribution >= 0.6 is 0 Å². The average molecular weight is 462 g/mol. The number of carbonyl (C=O) groups is 1. The zero-order valence-corrected chi connectivity index (χ0v) is 18.8. The van der Waals surface area contributed by atoms with E-state index in [9.17, 15) is 18.0 Å². The maximum absolute atomic E-state index is 13.3. The fourth-order valence-electron chi connectivity index (χ4n) is 4.73. The molecule has 5 nitrogen and oxygen atoms in total. The van der Waals surface area contributed by atoms with Crippen molar-refractivity contribution in [3.8, 4) is 0 Å². The first-order valence-electron chi connectivity index (χ1n) is 11.6.